The Kier molecular flexibility index (Phi) is 5.15. The molecular weight excluding hydrogens is 260 g/mol. The minimum atomic E-state index is 0.166. The molecule has 0 bridgehead atoms. The molecule has 0 saturated carbocycles. The van der Waals surface area contributed by atoms with Crippen molar-refractivity contribution in [2.75, 3.05) is 24.5 Å². The van der Waals surface area contributed by atoms with Crippen LogP contribution in [-0.2, 0) is 11.3 Å². The van der Waals surface area contributed by atoms with Crippen molar-refractivity contribution in [3.05, 3.63) is 11.1 Å². The van der Waals surface area contributed by atoms with Crippen LogP contribution in [-0.4, -0.2) is 36.6 Å². The zero-order valence-electron chi connectivity index (χ0n) is 11.6. The van der Waals surface area contributed by atoms with E-state index >= 15 is 0 Å². The molecule has 2 heterocycles. The van der Waals surface area contributed by atoms with Gasteiger partial charge < -0.3 is 15.5 Å². The highest BCUT2D eigenvalue weighted by Crippen LogP contribution is 2.22. The standard InChI is InChI=1S/C13H22N4OS/c1-3-17(4-2)13-16-9-11(19-13)8-14-10-5-6-12(18)15-7-10/h9-10,14H,3-8H2,1-2H3,(H,15,18). The van der Waals surface area contributed by atoms with Gasteiger partial charge in [0.2, 0.25) is 5.91 Å². The Bertz CT molecular complexity index is 407. The lowest BCUT2D eigenvalue weighted by atomic mass is 10.1. The van der Waals surface area contributed by atoms with E-state index in [-0.39, 0.29) is 5.91 Å². The molecule has 5 nitrogen and oxygen atoms in total. The third-order valence-electron chi connectivity index (χ3n) is 3.41. The molecule has 1 aliphatic rings. The van der Waals surface area contributed by atoms with Gasteiger partial charge in [0, 0.05) is 49.7 Å². The maximum Gasteiger partial charge on any atom is 0.220 e. The quantitative estimate of drug-likeness (QED) is 0.827. The van der Waals surface area contributed by atoms with Crippen LogP contribution >= 0.6 is 11.3 Å². The van der Waals surface area contributed by atoms with E-state index < -0.39 is 0 Å². The Balaban J connectivity index is 1.81. The highest BCUT2D eigenvalue weighted by Gasteiger charge is 2.17. The van der Waals surface area contributed by atoms with Crippen molar-refractivity contribution in [1.82, 2.24) is 15.6 Å². The lowest BCUT2D eigenvalue weighted by Gasteiger charge is -2.23. The summed E-state index contributed by atoms with van der Waals surface area (Å²) in [7, 11) is 0. The molecule has 1 atom stereocenters. The second kappa shape index (κ2) is 6.86. The van der Waals surface area contributed by atoms with Crippen molar-refractivity contribution in [2.45, 2.75) is 39.3 Å². The predicted octanol–water partition coefficient (Wildman–Crippen LogP) is 1.36. The Morgan fingerprint density at radius 3 is 2.95 bits per heavy atom. The molecule has 1 aromatic rings. The summed E-state index contributed by atoms with van der Waals surface area (Å²) < 4.78 is 0. The van der Waals surface area contributed by atoms with Crippen LogP contribution in [0.3, 0.4) is 0 Å². The van der Waals surface area contributed by atoms with Crippen molar-refractivity contribution < 1.29 is 4.79 Å². The summed E-state index contributed by atoms with van der Waals surface area (Å²) in [5, 5.41) is 7.47. The number of aromatic nitrogens is 1. The minimum absolute atomic E-state index is 0.166. The van der Waals surface area contributed by atoms with Crippen LogP contribution in [0.5, 0.6) is 0 Å². The topological polar surface area (TPSA) is 57.3 Å². The highest BCUT2D eigenvalue weighted by atomic mass is 32.1. The smallest absolute Gasteiger partial charge is 0.220 e. The second-order valence-corrected chi connectivity index (χ2v) is 5.80. The zero-order valence-corrected chi connectivity index (χ0v) is 12.4. The van der Waals surface area contributed by atoms with Gasteiger partial charge in [-0.15, -0.1) is 11.3 Å². The van der Waals surface area contributed by atoms with Gasteiger partial charge in [-0.05, 0) is 20.3 Å². The molecular formula is C13H22N4OS. The molecule has 106 valence electrons. The molecule has 1 aromatic heterocycles. The Hall–Kier alpha value is -1.14. The molecule has 0 spiro atoms. The number of hydrogen-bond acceptors (Lipinski definition) is 5. The van der Waals surface area contributed by atoms with E-state index in [1.807, 2.05) is 6.20 Å². The van der Waals surface area contributed by atoms with E-state index in [2.05, 4.69) is 34.4 Å². The number of nitrogens with one attached hydrogen (secondary N) is 2. The summed E-state index contributed by atoms with van der Waals surface area (Å²) >= 11 is 1.74. The van der Waals surface area contributed by atoms with Crippen LogP contribution in [0.2, 0.25) is 0 Å². The van der Waals surface area contributed by atoms with Crippen LogP contribution in [0.1, 0.15) is 31.6 Å². The molecule has 1 fully saturated rings. The van der Waals surface area contributed by atoms with Gasteiger partial charge in [-0.2, -0.15) is 0 Å². The van der Waals surface area contributed by atoms with E-state index in [9.17, 15) is 4.79 Å². The molecule has 6 heteroatoms. The van der Waals surface area contributed by atoms with Gasteiger partial charge >= 0.3 is 0 Å². The maximum absolute atomic E-state index is 11.1. The lowest BCUT2D eigenvalue weighted by molar-refractivity contribution is -0.122. The van der Waals surface area contributed by atoms with E-state index in [1.54, 1.807) is 11.3 Å². The summed E-state index contributed by atoms with van der Waals surface area (Å²) in [5.74, 6) is 0.166. The van der Waals surface area contributed by atoms with E-state index in [1.165, 1.54) is 4.88 Å². The summed E-state index contributed by atoms with van der Waals surface area (Å²) in [4.78, 5) is 19.1. The highest BCUT2D eigenvalue weighted by molar-refractivity contribution is 7.15. The number of amides is 1. The van der Waals surface area contributed by atoms with Crippen LogP contribution in [0.4, 0.5) is 5.13 Å². The summed E-state index contributed by atoms with van der Waals surface area (Å²) in [5.41, 5.74) is 0. The molecule has 0 aromatic carbocycles. The third kappa shape index (κ3) is 3.91. The van der Waals surface area contributed by atoms with Gasteiger partial charge in [0.25, 0.3) is 0 Å². The van der Waals surface area contributed by atoms with E-state index in [4.69, 9.17) is 0 Å². The normalized spacial score (nSPS) is 19.3. The van der Waals surface area contributed by atoms with E-state index in [0.717, 1.165) is 37.7 Å². The van der Waals surface area contributed by atoms with Crippen molar-refractivity contribution in [2.24, 2.45) is 0 Å². The van der Waals surface area contributed by atoms with Crippen molar-refractivity contribution >= 4 is 22.4 Å². The molecule has 0 aliphatic carbocycles. The van der Waals surface area contributed by atoms with Gasteiger partial charge in [-0.1, -0.05) is 0 Å². The van der Waals surface area contributed by atoms with Crippen LogP contribution in [0, 0.1) is 0 Å². The fourth-order valence-corrected chi connectivity index (χ4v) is 3.16. The lowest BCUT2D eigenvalue weighted by Crippen LogP contribution is -2.45. The number of anilines is 1. The number of carbonyl (C=O) groups excluding carboxylic acids is 1. The van der Waals surface area contributed by atoms with Gasteiger partial charge in [0.1, 0.15) is 0 Å². The monoisotopic (exact) mass is 282 g/mol. The summed E-state index contributed by atoms with van der Waals surface area (Å²) in [6.07, 6.45) is 3.51. The average Bonchev–Trinajstić information content (AvgIpc) is 2.88. The van der Waals surface area contributed by atoms with Gasteiger partial charge in [0.15, 0.2) is 5.13 Å². The Morgan fingerprint density at radius 2 is 2.32 bits per heavy atom. The average molecular weight is 282 g/mol. The molecule has 2 N–H and O–H groups in total. The molecule has 2 rings (SSSR count). The molecule has 1 amide bonds. The van der Waals surface area contributed by atoms with Gasteiger partial charge in [-0.3, -0.25) is 4.79 Å². The molecule has 1 aliphatic heterocycles. The Labute approximate surface area is 118 Å². The van der Waals surface area contributed by atoms with Crippen molar-refractivity contribution in [3.63, 3.8) is 0 Å². The second-order valence-electron chi connectivity index (χ2n) is 4.70. The number of hydrogen-bond donors (Lipinski definition) is 2. The zero-order chi connectivity index (χ0) is 13.7. The SMILES string of the molecule is CCN(CC)c1ncc(CNC2CCC(=O)NC2)s1. The van der Waals surface area contributed by atoms with Crippen LogP contribution in [0.15, 0.2) is 6.20 Å². The van der Waals surface area contributed by atoms with Crippen molar-refractivity contribution in [1.29, 1.82) is 0 Å². The molecule has 1 saturated heterocycles. The predicted molar refractivity (Wildman–Crippen MR) is 78.5 cm³/mol. The summed E-state index contributed by atoms with van der Waals surface area (Å²) in [6, 6.07) is 0.386. The number of thiazole rings is 1. The Morgan fingerprint density at radius 1 is 1.53 bits per heavy atom. The molecule has 19 heavy (non-hydrogen) atoms. The first kappa shape index (κ1) is 14.3. The number of piperidine rings is 1. The maximum atomic E-state index is 11.1. The largest absolute Gasteiger partial charge is 0.355 e. The van der Waals surface area contributed by atoms with Gasteiger partial charge in [0.05, 0.1) is 0 Å². The van der Waals surface area contributed by atoms with E-state index in [0.29, 0.717) is 12.5 Å². The first-order chi connectivity index (χ1) is 9.22. The number of rotatable bonds is 6. The molecule has 0 radical (unpaired) electrons. The third-order valence-corrected chi connectivity index (χ3v) is 4.46. The molecule has 1 unspecified atom stereocenters. The number of carbonyl (C=O) groups is 1. The first-order valence-corrected chi connectivity index (χ1v) is 7.74. The van der Waals surface area contributed by atoms with Crippen LogP contribution in [0.25, 0.3) is 0 Å². The fourth-order valence-electron chi connectivity index (χ4n) is 2.17. The van der Waals surface area contributed by atoms with Crippen molar-refractivity contribution in [3.8, 4) is 0 Å². The first-order valence-electron chi connectivity index (χ1n) is 6.92. The van der Waals surface area contributed by atoms with Gasteiger partial charge in [-0.25, -0.2) is 4.98 Å². The minimum Gasteiger partial charge on any atom is -0.355 e. The van der Waals surface area contributed by atoms with Crippen LogP contribution < -0.4 is 15.5 Å². The number of nitrogens with zero attached hydrogens (tertiary/aromatic N) is 2. The fraction of sp³-hybridized carbons (Fsp3) is 0.692. The summed E-state index contributed by atoms with van der Waals surface area (Å²) in [6.45, 7) is 7.85.